The highest BCUT2D eigenvalue weighted by Crippen LogP contribution is 2.27. The molecule has 2 rings (SSSR count). The van der Waals surface area contributed by atoms with Gasteiger partial charge in [-0.2, -0.15) is 0 Å². The summed E-state index contributed by atoms with van der Waals surface area (Å²) < 4.78 is 0. The largest absolute Gasteiger partial charge is 0.378 e. The van der Waals surface area contributed by atoms with E-state index in [1.165, 1.54) is 4.90 Å². The van der Waals surface area contributed by atoms with Crippen LogP contribution in [0.1, 0.15) is 5.69 Å². The number of nitrogens with one attached hydrogen (secondary N) is 1. The van der Waals surface area contributed by atoms with Gasteiger partial charge in [0.25, 0.3) is 0 Å². The predicted octanol–water partition coefficient (Wildman–Crippen LogP) is 3.97. The Balaban J connectivity index is 2.02. The molecule has 0 unspecified atom stereocenters. The third-order valence-corrected chi connectivity index (χ3v) is 3.50. The second-order valence-electron chi connectivity index (χ2n) is 3.77. The first-order chi connectivity index (χ1) is 8.90. The van der Waals surface area contributed by atoms with E-state index < -0.39 is 0 Å². The van der Waals surface area contributed by atoms with Crippen molar-refractivity contribution in [3.05, 3.63) is 67.0 Å². The van der Waals surface area contributed by atoms with Crippen LogP contribution < -0.4 is 5.32 Å². The van der Waals surface area contributed by atoms with Crippen LogP contribution in [0.4, 0.5) is 5.69 Å². The minimum Gasteiger partial charge on any atom is -0.378 e. The van der Waals surface area contributed by atoms with Crippen LogP contribution in [0, 0.1) is 0 Å². The van der Waals surface area contributed by atoms with Crippen molar-refractivity contribution in [3.63, 3.8) is 0 Å². The van der Waals surface area contributed by atoms with Gasteiger partial charge in [0.2, 0.25) is 0 Å². The van der Waals surface area contributed by atoms with Gasteiger partial charge in [0.05, 0.1) is 12.2 Å². The van der Waals surface area contributed by atoms with Gasteiger partial charge in [-0.1, -0.05) is 24.3 Å². The second kappa shape index (κ2) is 6.87. The van der Waals surface area contributed by atoms with Crippen molar-refractivity contribution in [1.29, 1.82) is 0 Å². The minimum atomic E-state index is 0.743. The zero-order valence-corrected chi connectivity index (χ0v) is 11.0. The summed E-state index contributed by atoms with van der Waals surface area (Å²) in [6, 6.07) is 14.3. The molecule has 2 nitrogen and oxygen atoms in total. The summed E-state index contributed by atoms with van der Waals surface area (Å²) >= 11 is 1.78. The molecule has 0 amide bonds. The van der Waals surface area contributed by atoms with Crippen LogP contribution in [-0.2, 0) is 6.54 Å². The molecule has 1 N–H and O–H groups in total. The van der Waals surface area contributed by atoms with Crippen molar-refractivity contribution in [2.45, 2.75) is 11.4 Å². The molecular weight excluding hydrogens is 240 g/mol. The highest BCUT2D eigenvalue weighted by molar-refractivity contribution is 7.99. The summed E-state index contributed by atoms with van der Waals surface area (Å²) in [6.07, 6.45) is 3.73. The number of benzene rings is 1. The summed E-state index contributed by atoms with van der Waals surface area (Å²) in [5.41, 5.74) is 2.19. The fourth-order valence-electron chi connectivity index (χ4n) is 1.58. The number of pyridine rings is 1. The van der Waals surface area contributed by atoms with Crippen LogP contribution in [-0.4, -0.2) is 10.7 Å². The molecule has 0 aliphatic rings. The number of thioether (sulfide) groups is 1. The van der Waals surface area contributed by atoms with E-state index in [9.17, 15) is 0 Å². The number of hydrogen-bond donors (Lipinski definition) is 1. The molecule has 0 fully saturated rings. The van der Waals surface area contributed by atoms with E-state index in [1.807, 2.05) is 36.5 Å². The maximum atomic E-state index is 4.30. The molecule has 0 atom stereocenters. The Bertz CT molecular complexity index is 497. The summed E-state index contributed by atoms with van der Waals surface area (Å²) in [4.78, 5) is 5.54. The normalized spacial score (nSPS) is 10.0. The monoisotopic (exact) mass is 256 g/mol. The predicted molar refractivity (Wildman–Crippen MR) is 78.9 cm³/mol. The molecule has 0 saturated carbocycles. The van der Waals surface area contributed by atoms with Gasteiger partial charge in [-0.25, -0.2) is 0 Å². The topological polar surface area (TPSA) is 24.9 Å². The molecule has 1 aromatic heterocycles. The van der Waals surface area contributed by atoms with Gasteiger partial charge in [0, 0.05) is 22.5 Å². The first kappa shape index (κ1) is 12.7. The van der Waals surface area contributed by atoms with Gasteiger partial charge >= 0.3 is 0 Å². The summed E-state index contributed by atoms with van der Waals surface area (Å²) in [5.74, 6) is 0.919. The Hall–Kier alpha value is -1.74. The molecule has 2 aromatic rings. The summed E-state index contributed by atoms with van der Waals surface area (Å²) in [6.45, 7) is 4.49. The third-order valence-electron chi connectivity index (χ3n) is 2.43. The van der Waals surface area contributed by atoms with Crippen LogP contribution in [0.3, 0.4) is 0 Å². The highest BCUT2D eigenvalue weighted by Gasteiger charge is 2.01. The number of hydrogen-bond acceptors (Lipinski definition) is 3. The Morgan fingerprint density at radius 3 is 2.78 bits per heavy atom. The molecule has 0 aliphatic carbocycles. The molecule has 0 saturated heterocycles. The lowest BCUT2D eigenvalue weighted by atomic mass is 10.3. The number of aromatic nitrogens is 1. The lowest BCUT2D eigenvalue weighted by molar-refractivity contribution is 1.04. The van der Waals surface area contributed by atoms with Gasteiger partial charge in [-0.15, -0.1) is 18.3 Å². The minimum absolute atomic E-state index is 0.743. The highest BCUT2D eigenvalue weighted by atomic mass is 32.2. The van der Waals surface area contributed by atoms with E-state index >= 15 is 0 Å². The van der Waals surface area contributed by atoms with Gasteiger partial charge in [-0.05, 0) is 24.3 Å². The first-order valence-electron chi connectivity index (χ1n) is 5.86. The fourth-order valence-corrected chi connectivity index (χ4v) is 2.34. The smallest absolute Gasteiger partial charge is 0.0594 e. The lowest BCUT2D eigenvalue weighted by Crippen LogP contribution is -2.02. The standard InChI is InChI=1S/C15H16N2S/c1-2-11-18-15-9-4-3-8-14(15)17-12-13-7-5-6-10-16-13/h2-10,17H,1,11-12H2. The van der Waals surface area contributed by atoms with Crippen LogP contribution in [0.2, 0.25) is 0 Å². The maximum Gasteiger partial charge on any atom is 0.0594 e. The van der Waals surface area contributed by atoms with Crippen molar-refractivity contribution in [2.24, 2.45) is 0 Å². The number of rotatable bonds is 6. The quantitative estimate of drug-likeness (QED) is 0.625. The van der Waals surface area contributed by atoms with Crippen molar-refractivity contribution in [3.8, 4) is 0 Å². The number of nitrogens with zero attached hydrogens (tertiary/aromatic N) is 1. The molecule has 0 radical (unpaired) electrons. The number of para-hydroxylation sites is 1. The Morgan fingerprint density at radius 2 is 2.00 bits per heavy atom. The molecular formula is C15H16N2S. The molecule has 1 heterocycles. The van der Waals surface area contributed by atoms with Gasteiger partial charge in [0.1, 0.15) is 0 Å². The van der Waals surface area contributed by atoms with Crippen LogP contribution in [0.5, 0.6) is 0 Å². The van der Waals surface area contributed by atoms with Crippen molar-refractivity contribution in [1.82, 2.24) is 4.98 Å². The van der Waals surface area contributed by atoms with Gasteiger partial charge < -0.3 is 5.32 Å². The van der Waals surface area contributed by atoms with Crippen molar-refractivity contribution in [2.75, 3.05) is 11.1 Å². The average Bonchev–Trinajstić information content (AvgIpc) is 2.45. The van der Waals surface area contributed by atoms with E-state index in [4.69, 9.17) is 0 Å². The van der Waals surface area contributed by atoms with E-state index in [-0.39, 0.29) is 0 Å². The zero-order chi connectivity index (χ0) is 12.6. The summed E-state index contributed by atoms with van der Waals surface area (Å²) in [7, 11) is 0. The molecule has 1 aromatic carbocycles. The van der Waals surface area contributed by atoms with Gasteiger partial charge in [-0.3, -0.25) is 4.98 Å². The molecule has 0 aliphatic heterocycles. The lowest BCUT2D eigenvalue weighted by Gasteiger charge is -2.10. The van der Waals surface area contributed by atoms with Crippen LogP contribution in [0.15, 0.2) is 66.2 Å². The SMILES string of the molecule is C=CCSc1ccccc1NCc1ccccn1. The Kier molecular flexibility index (Phi) is 4.85. The zero-order valence-electron chi connectivity index (χ0n) is 10.2. The van der Waals surface area contributed by atoms with Crippen LogP contribution >= 0.6 is 11.8 Å². The second-order valence-corrected chi connectivity index (χ2v) is 4.83. The summed E-state index contributed by atoms with van der Waals surface area (Å²) in [5, 5.41) is 3.42. The maximum absolute atomic E-state index is 4.30. The van der Waals surface area contributed by atoms with E-state index in [0.29, 0.717) is 0 Å². The Labute approximate surface area is 112 Å². The van der Waals surface area contributed by atoms with Crippen LogP contribution in [0.25, 0.3) is 0 Å². The van der Waals surface area contributed by atoms with Crippen molar-refractivity contribution >= 4 is 17.4 Å². The third kappa shape index (κ3) is 3.64. The Morgan fingerprint density at radius 1 is 1.17 bits per heavy atom. The molecule has 92 valence electrons. The van der Waals surface area contributed by atoms with Gasteiger partial charge in [0.15, 0.2) is 0 Å². The fraction of sp³-hybridized carbons (Fsp3) is 0.133. The average molecular weight is 256 g/mol. The molecule has 3 heteroatoms. The number of anilines is 1. The molecule has 18 heavy (non-hydrogen) atoms. The molecule has 0 spiro atoms. The van der Waals surface area contributed by atoms with E-state index in [0.717, 1.165) is 23.7 Å². The first-order valence-corrected chi connectivity index (χ1v) is 6.85. The van der Waals surface area contributed by atoms with E-state index in [2.05, 4.69) is 35.1 Å². The van der Waals surface area contributed by atoms with Crippen molar-refractivity contribution < 1.29 is 0 Å². The van der Waals surface area contributed by atoms with E-state index in [1.54, 1.807) is 11.8 Å². The molecule has 0 bridgehead atoms.